The second-order valence-electron chi connectivity index (χ2n) is 5.36. The van der Waals surface area contributed by atoms with Gasteiger partial charge in [0.25, 0.3) is 5.56 Å². The van der Waals surface area contributed by atoms with Crippen LogP contribution in [-0.4, -0.2) is 26.6 Å². The van der Waals surface area contributed by atoms with Crippen molar-refractivity contribution in [3.63, 3.8) is 0 Å². The molecule has 0 unspecified atom stereocenters. The molecule has 130 valence electrons. The summed E-state index contributed by atoms with van der Waals surface area (Å²) in [6.45, 7) is 3.90. The molecule has 0 aromatic carbocycles. The number of aryl methyl sites for hydroxylation is 2. The Hall–Kier alpha value is -1.90. The molecule has 0 spiro atoms. The van der Waals surface area contributed by atoms with E-state index in [0.29, 0.717) is 22.7 Å². The van der Waals surface area contributed by atoms with Gasteiger partial charge in [0.2, 0.25) is 5.91 Å². The van der Waals surface area contributed by atoms with Crippen molar-refractivity contribution in [3.8, 4) is 0 Å². The van der Waals surface area contributed by atoms with E-state index in [2.05, 4.69) is 20.3 Å². The average Bonchev–Trinajstić information content (AvgIpc) is 2.84. The maximum absolute atomic E-state index is 12.2. The van der Waals surface area contributed by atoms with Crippen molar-refractivity contribution in [2.75, 3.05) is 11.1 Å². The van der Waals surface area contributed by atoms with Crippen LogP contribution >= 0.6 is 34.7 Å². The number of fused-ring (bicyclic) bond motifs is 1. The Bertz CT molecular complexity index is 999. The lowest BCUT2D eigenvalue weighted by Crippen LogP contribution is -2.15. The lowest BCUT2D eigenvalue weighted by Gasteiger charge is -2.06. The van der Waals surface area contributed by atoms with Crippen molar-refractivity contribution < 1.29 is 4.79 Å². The number of thioether (sulfide) groups is 1. The molecule has 0 atom stereocenters. The van der Waals surface area contributed by atoms with E-state index in [4.69, 9.17) is 11.6 Å². The van der Waals surface area contributed by atoms with Gasteiger partial charge in [-0.2, -0.15) is 0 Å². The SMILES string of the molecule is Cc1sc2nc(CSCC(=O)Nc3cccnc3Cl)[nH]c(=O)c2c1C. The zero-order chi connectivity index (χ0) is 18.0. The van der Waals surface area contributed by atoms with E-state index in [9.17, 15) is 9.59 Å². The van der Waals surface area contributed by atoms with E-state index in [1.807, 2.05) is 13.8 Å². The summed E-state index contributed by atoms with van der Waals surface area (Å²) in [5.74, 6) is 1.03. The smallest absolute Gasteiger partial charge is 0.259 e. The first-order valence-electron chi connectivity index (χ1n) is 7.42. The van der Waals surface area contributed by atoms with Crippen molar-refractivity contribution in [2.24, 2.45) is 0 Å². The molecule has 0 bridgehead atoms. The number of aromatic nitrogens is 3. The van der Waals surface area contributed by atoms with Crippen molar-refractivity contribution in [1.82, 2.24) is 15.0 Å². The fraction of sp³-hybridized carbons (Fsp3) is 0.250. The van der Waals surface area contributed by atoms with E-state index in [-0.39, 0.29) is 22.4 Å². The second-order valence-corrected chi connectivity index (χ2v) is 7.91. The number of hydrogen-bond donors (Lipinski definition) is 2. The molecule has 3 heterocycles. The number of carbonyl (C=O) groups excluding carboxylic acids is 1. The first kappa shape index (κ1) is 17.9. The highest BCUT2D eigenvalue weighted by molar-refractivity contribution is 7.99. The zero-order valence-corrected chi connectivity index (χ0v) is 15.9. The lowest BCUT2D eigenvalue weighted by atomic mass is 10.2. The Labute approximate surface area is 157 Å². The lowest BCUT2D eigenvalue weighted by molar-refractivity contribution is -0.113. The third-order valence-corrected chi connectivity index (χ3v) is 5.94. The fourth-order valence-electron chi connectivity index (χ4n) is 2.27. The number of carbonyl (C=O) groups is 1. The summed E-state index contributed by atoms with van der Waals surface area (Å²) in [7, 11) is 0. The molecule has 6 nitrogen and oxygen atoms in total. The first-order valence-corrected chi connectivity index (χ1v) is 9.77. The molecule has 3 aromatic heterocycles. The quantitative estimate of drug-likeness (QED) is 0.646. The number of anilines is 1. The third kappa shape index (κ3) is 4.02. The van der Waals surface area contributed by atoms with Crippen LogP contribution in [0.25, 0.3) is 10.2 Å². The molecule has 0 radical (unpaired) electrons. The molecule has 0 aliphatic heterocycles. The summed E-state index contributed by atoms with van der Waals surface area (Å²) in [6.07, 6.45) is 1.55. The maximum Gasteiger partial charge on any atom is 0.259 e. The molecule has 0 saturated heterocycles. The van der Waals surface area contributed by atoms with Crippen LogP contribution in [0.15, 0.2) is 23.1 Å². The van der Waals surface area contributed by atoms with Crippen LogP contribution in [0.2, 0.25) is 5.15 Å². The average molecular weight is 395 g/mol. The van der Waals surface area contributed by atoms with Crippen LogP contribution in [0.3, 0.4) is 0 Å². The number of H-pyrrole nitrogens is 1. The van der Waals surface area contributed by atoms with Crippen molar-refractivity contribution >= 4 is 56.5 Å². The summed E-state index contributed by atoms with van der Waals surface area (Å²) in [5.41, 5.74) is 1.32. The van der Waals surface area contributed by atoms with E-state index in [1.165, 1.54) is 23.1 Å². The fourth-order valence-corrected chi connectivity index (χ4v) is 4.18. The predicted octanol–water partition coefficient (Wildman–Crippen LogP) is 3.52. The molecule has 1 amide bonds. The van der Waals surface area contributed by atoms with E-state index < -0.39 is 0 Å². The number of halogens is 1. The van der Waals surface area contributed by atoms with Gasteiger partial charge in [-0.15, -0.1) is 23.1 Å². The van der Waals surface area contributed by atoms with Crippen LogP contribution < -0.4 is 10.9 Å². The third-order valence-electron chi connectivity index (χ3n) is 3.59. The number of hydrogen-bond acceptors (Lipinski definition) is 6. The molecule has 3 rings (SSSR count). The highest BCUT2D eigenvalue weighted by atomic mass is 35.5. The first-order chi connectivity index (χ1) is 12.0. The van der Waals surface area contributed by atoms with E-state index >= 15 is 0 Å². The Morgan fingerprint density at radius 2 is 2.24 bits per heavy atom. The van der Waals surface area contributed by atoms with Gasteiger partial charge >= 0.3 is 0 Å². The standard InChI is InChI=1S/C16H15ClN4O2S2/c1-8-9(2)25-16-13(8)15(23)20-11(21-16)6-24-7-12(22)19-10-4-3-5-18-14(10)17/h3-5H,6-7H2,1-2H3,(H,19,22)(H,20,21,23). The number of rotatable bonds is 5. The number of pyridine rings is 1. The minimum Gasteiger partial charge on any atom is -0.323 e. The number of nitrogens with one attached hydrogen (secondary N) is 2. The Morgan fingerprint density at radius 1 is 1.44 bits per heavy atom. The highest BCUT2D eigenvalue weighted by Gasteiger charge is 2.12. The van der Waals surface area contributed by atoms with Gasteiger partial charge in [-0.1, -0.05) is 11.6 Å². The number of thiophene rings is 1. The van der Waals surface area contributed by atoms with Crippen molar-refractivity contribution in [1.29, 1.82) is 0 Å². The molecule has 2 N–H and O–H groups in total. The van der Waals surface area contributed by atoms with Gasteiger partial charge in [-0.05, 0) is 31.5 Å². The second kappa shape index (κ2) is 7.55. The van der Waals surface area contributed by atoms with Gasteiger partial charge in [0.05, 0.1) is 22.6 Å². The topological polar surface area (TPSA) is 87.7 Å². The molecule has 0 saturated carbocycles. The number of amides is 1. The minimum absolute atomic E-state index is 0.131. The molecule has 9 heteroatoms. The molecule has 25 heavy (non-hydrogen) atoms. The Kier molecular flexibility index (Phi) is 5.41. The van der Waals surface area contributed by atoms with Crippen molar-refractivity contribution in [2.45, 2.75) is 19.6 Å². The van der Waals surface area contributed by atoms with Crippen molar-refractivity contribution in [3.05, 3.63) is 50.1 Å². The predicted molar refractivity (Wildman–Crippen MR) is 104 cm³/mol. The van der Waals surface area contributed by atoms with Gasteiger partial charge in [0.1, 0.15) is 10.7 Å². The number of nitrogens with zero attached hydrogens (tertiary/aromatic N) is 2. The highest BCUT2D eigenvalue weighted by Crippen LogP contribution is 2.26. The minimum atomic E-state index is -0.189. The summed E-state index contributed by atoms with van der Waals surface area (Å²) in [5, 5.41) is 3.61. The van der Waals surface area contributed by atoms with Crippen LogP contribution in [0.1, 0.15) is 16.3 Å². The molecular weight excluding hydrogens is 380 g/mol. The summed E-state index contributed by atoms with van der Waals surface area (Å²) < 4.78 is 0. The molecule has 0 aliphatic carbocycles. The monoisotopic (exact) mass is 394 g/mol. The largest absolute Gasteiger partial charge is 0.323 e. The summed E-state index contributed by atoms with van der Waals surface area (Å²) in [6, 6.07) is 3.38. The maximum atomic E-state index is 12.2. The van der Waals surface area contributed by atoms with E-state index in [0.717, 1.165) is 15.3 Å². The Balaban J connectivity index is 1.62. The Morgan fingerprint density at radius 3 is 3.00 bits per heavy atom. The van der Waals surface area contributed by atoms with Crippen LogP contribution in [0.4, 0.5) is 5.69 Å². The van der Waals surface area contributed by atoms with E-state index in [1.54, 1.807) is 18.3 Å². The number of aromatic amines is 1. The van der Waals surface area contributed by atoms with Crippen LogP contribution in [-0.2, 0) is 10.5 Å². The van der Waals surface area contributed by atoms with Gasteiger partial charge in [0, 0.05) is 11.1 Å². The van der Waals surface area contributed by atoms with Gasteiger partial charge in [-0.3, -0.25) is 9.59 Å². The summed E-state index contributed by atoms with van der Waals surface area (Å²) >= 11 is 8.78. The molecule has 0 aliphatic rings. The normalized spacial score (nSPS) is 11.0. The summed E-state index contributed by atoms with van der Waals surface area (Å²) in [4.78, 5) is 37.2. The van der Waals surface area contributed by atoms with Crippen LogP contribution in [0.5, 0.6) is 0 Å². The molecule has 3 aromatic rings. The van der Waals surface area contributed by atoms with Gasteiger partial charge in [0.15, 0.2) is 5.15 Å². The van der Waals surface area contributed by atoms with Crippen LogP contribution in [0, 0.1) is 13.8 Å². The van der Waals surface area contributed by atoms with Gasteiger partial charge in [-0.25, -0.2) is 9.97 Å². The zero-order valence-electron chi connectivity index (χ0n) is 13.6. The van der Waals surface area contributed by atoms with Gasteiger partial charge < -0.3 is 10.3 Å². The molecule has 0 fully saturated rings. The molecular formula is C16H15ClN4O2S2.